The second-order valence-electron chi connectivity index (χ2n) is 3.87. The van der Waals surface area contributed by atoms with Gasteiger partial charge in [-0.15, -0.1) is 0 Å². The minimum atomic E-state index is -0.409. The molecular formula is C13H12FNO2S. The van der Waals surface area contributed by atoms with E-state index < -0.39 is 6.04 Å². The molecule has 1 aliphatic rings. The topological polar surface area (TPSA) is 46.2 Å². The summed E-state index contributed by atoms with van der Waals surface area (Å²) in [5.74, 6) is -0.0194. The molecule has 1 aromatic rings. The van der Waals surface area contributed by atoms with E-state index in [1.807, 2.05) is 0 Å². The SMILES string of the molecule is O=C(/C=C/c1ccccc1F)N[C@@H]1CCSC1=O. The zero-order valence-corrected chi connectivity index (χ0v) is 10.4. The van der Waals surface area contributed by atoms with Crippen LogP contribution in [0, 0.1) is 5.82 Å². The van der Waals surface area contributed by atoms with Crippen LogP contribution in [-0.4, -0.2) is 22.8 Å². The van der Waals surface area contributed by atoms with Crippen LogP contribution in [0.5, 0.6) is 0 Å². The molecule has 2 rings (SSSR count). The van der Waals surface area contributed by atoms with Crippen molar-refractivity contribution in [2.45, 2.75) is 12.5 Å². The molecule has 0 bridgehead atoms. The van der Waals surface area contributed by atoms with Crippen LogP contribution in [0.3, 0.4) is 0 Å². The number of amides is 1. The maximum Gasteiger partial charge on any atom is 0.244 e. The zero-order chi connectivity index (χ0) is 13.0. The number of benzene rings is 1. The lowest BCUT2D eigenvalue weighted by Crippen LogP contribution is -2.35. The molecule has 0 spiro atoms. The van der Waals surface area contributed by atoms with Crippen molar-refractivity contribution in [3.63, 3.8) is 0 Å². The van der Waals surface area contributed by atoms with Gasteiger partial charge in [0.15, 0.2) is 0 Å². The Morgan fingerprint density at radius 2 is 2.22 bits per heavy atom. The summed E-state index contributed by atoms with van der Waals surface area (Å²) >= 11 is 1.23. The van der Waals surface area contributed by atoms with Crippen LogP contribution in [0.15, 0.2) is 30.3 Å². The predicted molar refractivity (Wildman–Crippen MR) is 69.4 cm³/mol. The minimum Gasteiger partial charge on any atom is -0.342 e. The van der Waals surface area contributed by atoms with Crippen LogP contribution in [0.2, 0.25) is 0 Å². The van der Waals surface area contributed by atoms with Crippen LogP contribution in [0.1, 0.15) is 12.0 Å². The number of hydrogen-bond acceptors (Lipinski definition) is 3. The number of halogens is 1. The van der Waals surface area contributed by atoms with E-state index in [2.05, 4.69) is 5.32 Å². The van der Waals surface area contributed by atoms with Gasteiger partial charge in [0.05, 0.1) is 6.04 Å². The molecule has 1 fully saturated rings. The van der Waals surface area contributed by atoms with Gasteiger partial charge in [0.1, 0.15) is 5.82 Å². The van der Waals surface area contributed by atoms with Gasteiger partial charge in [-0.3, -0.25) is 9.59 Å². The molecule has 0 aromatic heterocycles. The average Bonchev–Trinajstić information content (AvgIpc) is 2.74. The van der Waals surface area contributed by atoms with Crippen molar-refractivity contribution in [1.82, 2.24) is 5.32 Å². The first-order valence-corrected chi connectivity index (χ1v) is 6.55. The van der Waals surface area contributed by atoms with Gasteiger partial charge < -0.3 is 5.32 Å². The fraction of sp³-hybridized carbons (Fsp3) is 0.231. The van der Waals surface area contributed by atoms with E-state index in [0.29, 0.717) is 12.0 Å². The molecule has 0 saturated carbocycles. The monoisotopic (exact) mass is 265 g/mol. The van der Waals surface area contributed by atoms with Crippen LogP contribution in [-0.2, 0) is 9.59 Å². The molecule has 94 valence electrons. The largest absolute Gasteiger partial charge is 0.342 e. The van der Waals surface area contributed by atoms with Crippen molar-refractivity contribution < 1.29 is 14.0 Å². The third-order valence-electron chi connectivity index (χ3n) is 2.57. The molecule has 1 aromatic carbocycles. The van der Waals surface area contributed by atoms with Gasteiger partial charge in [-0.2, -0.15) is 0 Å². The summed E-state index contributed by atoms with van der Waals surface area (Å²) in [4.78, 5) is 22.8. The van der Waals surface area contributed by atoms with E-state index >= 15 is 0 Å². The van der Waals surface area contributed by atoms with Crippen LogP contribution in [0.25, 0.3) is 6.08 Å². The van der Waals surface area contributed by atoms with Crippen LogP contribution in [0.4, 0.5) is 4.39 Å². The molecule has 1 atom stereocenters. The Morgan fingerprint density at radius 3 is 2.89 bits per heavy atom. The number of nitrogens with one attached hydrogen (secondary N) is 1. The van der Waals surface area contributed by atoms with E-state index in [4.69, 9.17) is 0 Å². The van der Waals surface area contributed by atoms with Gasteiger partial charge in [-0.05, 0) is 18.6 Å². The predicted octanol–water partition coefficient (Wildman–Crippen LogP) is 1.99. The second kappa shape index (κ2) is 5.82. The summed E-state index contributed by atoms with van der Waals surface area (Å²) in [6, 6.07) is 5.77. The van der Waals surface area contributed by atoms with Gasteiger partial charge in [0, 0.05) is 17.4 Å². The highest BCUT2D eigenvalue weighted by Gasteiger charge is 2.25. The Kier molecular flexibility index (Phi) is 4.15. The van der Waals surface area contributed by atoms with Gasteiger partial charge in [-0.1, -0.05) is 30.0 Å². The molecule has 0 unspecified atom stereocenters. The molecule has 1 N–H and O–H groups in total. The van der Waals surface area contributed by atoms with Gasteiger partial charge in [-0.25, -0.2) is 4.39 Å². The van der Waals surface area contributed by atoms with Crippen molar-refractivity contribution in [2.24, 2.45) is 0 Å². The Labute approximate surface area is 108 Å². The summed E-state index contributed by atoms with van der Waals surface area (Å²) in [6.45, 7) is 0. The van der Waals surface area contributed by atoms with Gasteiger partial charge >= 0.3 is 0 Å². The van der Waals surface area contributed by atoms with E-state index in [9.17, 15) is 14.0 Å². The molecule has 1 amide bonds. The van der Waals surface area contributed by atoms with Crippen molar-refractivity contribution in [3.05, 3.63) is 41.7 Å². The molecule has 1 saturated heterocycles. The second-order valence-corrected chi connectivity index (χ2v) is 4.97. The van der Waals surface area contributed by atoms with E-state index in [1.54, 1.807) is 18.2 Å². The smallest absolute Gasteiger partial charge is 0.244 e. The Balaban J connectivity index is 1.95. The van der Waals surface area contributed by atoms with Crippen molar-refractivity contribution in [1.29, 1.82) is 0 Å². The number of thioether (sulfide) groups is 1. The molecule has 3 nitrogen and oxygen atoms in total. The standard InChI is InChI=1S/C13H12FNO2S/c14-10-4-2-1-3-9(10)5-6-12(16)15-11-7-8-18-13(11)17/h1-6,11H,7-8H2,(H,15,16)/b6-5+/t11-/m1/s1. The summed E-state index contributed by atoms with van der Waals surface area (Å²) < 4.78 is 13.3. The summed E-state index contributed by atoms with van der Waals surface area (Å²) in [6.07, 6.45) is 3.30. The first-order chi connectivity index (χ1) is 8.66. The van der Waals surface area contributed by atoms with Crippen molar-refractivity contribution >= 4 is 28.9 Å². The molecule has 5 heteroatoms. The quantitative estimate of drug-likeness (QED) is 0.850. The molecular weight excluding hydrogens is 253 g/mol. The van der Waals surface area contributed by atoms with Gasteiger partial charge in [0.25, 0.3) is 0 Å². The molecule has 0 aliphatic carbocycles. The normalized spacial score (nSPS) is 19.4. The lowest BCUT2D eigenvalue weighted by molar-refractivity contribution is -0.120. The van der Waals surface area contributed by atoms with Gasteiger partial charge in [0.2, 0.25) is 11.0 Å². The number of carbonyl (C=O) groups excluding carboxylic acids is 2. The van der Waals surface area contributed by atoms with Crippen molar-refractivity contribution in [2.75, 3.05) is 5.75 Å². The average molecular weight is 265 g/mol. The first-order valence-electron chi connectivity index (χ1n) is 5.56. The van der Waals surface area contributed by atoms with Crippen LogP contribution >= 0.6 is 11.8 Å². The van der Waals surface area contributed by atoms with E-state index in [0.717, 1.165) is 5.75 Å². The molecule has 1 heterocycles. The highest BCUT2D eigenvalue weighted by atomic mass is 32.2. The Morgan fingerprint density at radius 1 is 1.44 bits per heavy atom. The van der Waals surface area contributed by atoms with Crippen LogP contribution < -0.4 is 5.32 Å². The fourth-order valence-electron chi connectivity index (χ4n) is 1.62. The summed E-state index contributed by atoms with van der Waals surface area (Å²) in [5.41, 5.74) is 0.347. The Bertz CT molecular complexity index is 502. The van der Waals surface area contributed by atoms with Crippen molar-refractivity contribution in [3.8, 4) is 0 Å². The minimum absolute atomic E-state index is 0.0114. The molecule has 0 radical (unpaired) electrons. The summed E-state index contributed by atoms with van der Waals surface area (Å²) in [5, 5.41) is 2.59. The summed E-state index contributed by atoms with van der Waals surface area (Å²) in [7, 11) is 0. The highest BCUT2D eigenvalue weighted by molar-refractivity contribution is 8.14. The number of rotatable bonds is 3. The fourth-order valence-corrected chi connectivity index (χ4v) is 2.56. The third-order valence-corrected chi connectivity index (χ3v) is 3.58. The first kappa shape index (κ1) is 12.8. The molecule has 18 heavy (non-hydrogen) atoms. The number of hydrogen-bond donors (Lipinski definition) is 1. The maximum atomic E-state index is 13.3. The third kappa shape index (κ3) is 3.20. The molecule has 1 aliphatic heterocycles. The van der Waals surface area contributed by atoms with E-state index in [-0.39, 0.29) is 16.8 Å². The number of carbonyl (C=O) groups is 2. The highest BCUT2D eigenvalue weighted by Crippen LogP contribution is 2.19. The van der Waals surface area contributed by atoms with E-state index in [1.165, 1.54) is 30.0 Å². The zero-order valence-electron chi connectivity index (χ0n) is 9.56. The maximum absolute atomic E-state index is 13.3. The lowest BCUT2D eigenvalue weighted by atomic mass is 10.2. The Hall–Kier alpha value is -1.62. The lowest BCUT2D eigenvalue weighted by Gasteiger charge is -2.07.